The fraction of sp³-hybridized carbons (Fsp3) is 0.667. The Balaban J connectivity index is 2.50. The minimum Gasteiger partial charge on any atom is -0.379 e. The van der Waals surface area contributed by atoms with Gasteiger partial charge in [0.2, 0.25) is 0 Å². The monoisotopic (exact) mass is 250 g/mol. The van der Waals surface area contributed by atoms with E-state index in [1.807, 2.05) is 13.1 Å². The minimum atomic E-state index is -0.0764. The summed E-state index contributed by atoms with van der Waals surface area (Å²) < 4.78 is 5.45. The third-order valence-electron chi connectivity index (χ3n) is 3.35. The van der Waals surface area contributed by atoms with Crippen LogP contribution < -0.4 is 5.32 Å². The Morgan fingerprint density at radius 1 is 1.39 bits per heavy atom. The highest BCUT2D eigenvalue weighted by atomic mass is 16.5. The summed E-state index contributed by atoms with van der Waals surface area (Å²) in [5.74, 6) is 0. The maximum absolute atomic E-state index is 5.45. The van der Waals surface area contributed by atoms with Crippen molar-refractivity contribution >= 4 is 0 Å². The van der Waals surface area contributed by atoms with Crippen LogP contribution in [0.3, 0.4) is 0 Å². The fourth-order valence-corrected chi connectivity index (χ4v) is 2.09. The molecular formula is C15H26N2O. The van der Waals surface area contributed by atoms with Crippen LogP contribution >= 0.6 is 0 Å². The van der Waals surface area contributed by atoms with Crippen molar-refractivity contribution in [3.8, 4) is 0 Å². The lowest BCUT2D eigenvalue weighted by Gasteiger charge is -2.27. The molecule has 3 nitrogen and oxygen atoms in total. The van der Waals surface area contributed by atoms with Crippen molar-refractivity contribution in [1.29, 1.82) is 0 Å². The van der Waals surface area contributed by atoms with Gasteiger partial charge in [-0.2, -0.15) is 0 Å². The van der Waals surface area contributed by atoms with E-state index in [1.165, 1.54) is 11.1 Å². The van der Waals surface area contributed by atoms with E-state index in [0.29, 0.717) is 6.04 Å². The SMILES string of the molecule is COC(C)(C)C[C@@H](C)NCc1cnc(C)cc1C. The fourth-order valence-electron chi connectivity index (χ4n) is 2.09. The molecular weight excluding hydrogens is 224 g/mol. The van der Waals surface area contributed by atoms with Crippen LogP contribution in [0.4, 0.5) is 0 Å². The molecule has 1 atom stereocenters. The van der Waals surface area contributed by atoms with Crippen LogP contribution in [-0.4, -0.2) is 23.7 Å². The van der Waals surface area contributed by atoms with Crippen molar-refractivity contribution < 1.29 is 4.74 Å². The highest BCUT2D eigenvalue weighted by Gasteiger charge is 2.19. The zero-order valence-corrected chi connectivity index (χ0v) is 12.5. The molecule has 1 rings (SSSR count). The number of methoxy groups -OCH3 is 1. The molecule has 3 heteroatoms. The third-order valence-corrected chi connectivity index (χ3v) is 3.35. The second kappa shape index (κ2) is 6.30. The van der Waals surface area contributed by atoms with Crippen molar-refractivity contribution in [1.82, 2.24) is 10.3 Å². The summed E-state index contributed by atoms with van der Waals surface area (Å²) in [6.45, 7) is 11.4. The lowest BCUT2D eigenvalue weighted by Crippen LogP contribution is -2.35. The van der Waals surface area contributed by atoms with Crippen molar-refractivity contribution in [2.24, 2.45) is 0 Å². The number of hydrogen-bond donors (Lipinski definition) is 1. The minimum absolute atomic E-state index is 0.0764. The van der Waals surface area contributed by atoms with E-state index in [4.69, 9.17) is 4.74 Å². The zero-order valence-electron chi connectivity index (χ0n) is 12.5. The molecule has 0 amide bonds. The maximum atomic E-state index is 5.45. The largest absolute Gasteiger partial charge is 0.379 e. The van der Waals surface area contributed by atoms with E-state index in [2.05, 4.69) is 44.1 Å². The van der Waals surface area contributed by atoms with Gasteiger partial charge in [0.25, 0.3) is 0 Å². The highest BCUT2D eigenvalue weighted by molar-refractivity contribution is 5.24. The molecule has 0 spiro atoms. The first-order chi connectivity index (χ1) is 8.34. The van der Waals surface area contributed by atoms with Gasteiger partial charge in [0, 0.05) is 31.6 Å². The molecule has 1 N–H and O–H groups in total. The van der Waals surface area contributed by atoms with Gasteiger partial charge in [0.1, 0.15) is 0 Å². The lowest BCUT2D eigenvalue weighted by molar-refractivity contribution is 0.00844. The quantitative estimate of drug-likeness (QED) is 0.842. The molecule has 0 saturated carbocycles. The van der Waals surface area contributed by atoms with Crippen molar-refractivity contribution in [2.75, 3.05) is 7.11 Å². The smallest absolute Gasteiger partial charge is 0.0637 e. The highest BCUT2D eigenvalue weighted by Crippen LogP contribution is 2.16. The first-order valence-corrected chi connectivity index (χ1v) is 6.55. The zero-order chi connectivity index (χ0) is 13.8. The summed E-state index contributed by atoms with van der Waals surface area (Å²) in [6.07, 6.45) is 2.95. The molecule has 0 aliphatic rings. The Labute approximate surface area is 111 Å². The first kappa shape index (κ1) is 15.1. The van der Waals surface area contributed by atoms with E-state index < -0.39 is 0 Å². The van der Waals surface area contributed by atoms with Gasteiger partial charge >= 0.3 is 0 Å². The van der Waals surface area contributed by atoms with Gasteiger partial charge in [0.15, 0.2) is 0 Å². The van der Waals surface area contributed by atoms with E-state index >= 15 is 0 Å². The molecule has 102 valence electrons. The number of hydrogen-bond acceptors (Lipinski definition) is 3. The number of pyridine rings is 1. The van der Waals surface area contributed by atoms with Crippen LogP contribution in [-0.2, 0) is 11.3 Å². The Morgan fingerprint density at radius 3 is 2.61 bits per heavy atom. The summed E-state index contributed by atoms with van der Waals surface area (Å²) in [5.41, 5.74) is 3.56. The van der Waals surface area contributed by atoms with Gasteiger partial charge in [-0.25, -0.2) is 0 Å². The standard InChI is InChI=1S/C15H26N2O/c1-11-7-12(2)16-9-14(11)10-17-13(3)8-15(4,5)18-6/h7,9,13,17H,8,10H2,1-6H3/t13-/m1/s1. The molecule has 0 bridgehead atoms. The Kier molecular flexibility index (Phi) is 5.29. The van der Waals surface area contributed by atoms with Crippen LogP contribution in [0, 0.1) is 13.8 Å². The van der Waals surface area contributed by atoms with E-state index in [-0.39, 0.29) is 5.60 Å². The van der Waals surface area contributed by atoms with Gasteiger partial charge in [-0.1, -0.05) is 0 Å². The summed E-state index contributed by atoms with van der Waals surface area (Å²) in [4.78, 5) is 4.34. The normalized spacial score (nSPS) is 13.7. The van der Waals surface area contributed by atoms with Crippen LogP contribution in [0.25, 0.3) is 0 Å². The van der Waals surface area contributed by atoms with Crippen molar-refractivity contribution in [3.05, 3.63) is 29.1 Å². The molecule has 0 radical (unpaired) electrons. The molecule has 0 aliphatic heterocycles. The van der Waals surface area contributed by atoms with Gasteiger partial charge in [-0.3, -0.25) is 4.98 Å². The summed E-state index contributed by atoms with van der Waals surface area (Å²) in [7, 11) is 1.76. The van der Waals surface area contributed by atoms with E-state index in [1.54, 1.807) is 7.11 Å². The molecule has 0 unspecified atom stereocenters. The van der Waals surface area contributed by atoms with Gasteiger partial charge in [0.05, 0.1) is 5.60 Å². The van der Waals surface area contributed by atoms with E-state index in [0.717, 1.165) is 18.7 Å². The van der Waals surface area contributed by atoms with Crippen LogP contribution in [0.1, 0.15) is 44.0 Å². The Hall–Kier alpha value is -0.930. The number of aryl methyl sites for hydroxylation is 2. The predicted molar refractivity (Wildman–Crippen MR) is 75.7 cm³/mol. The first-order valence-electron chi connectivity index (χ1n) is 6.55. The predicted octanol–water partition coefficient (Wildman–Crippen LogP) is 2.99. The summed E-state index contributed by atoms with van der Waals surface area (Å²) >= 11 is 0. The topological polar surface area (TPSA) is 34.1 Å². The Morgan fingerprint density at radius 2 is 2.06 bits per heavy atom. The van der Waals surface area contributed by atoms with Crippen LogP contribution in [0.15, 0.2) is 12.3 Å². The number of aromatic nitrogens is 1. The lowest BCUT2D eigenvalue weighted by atomic mass is 9.99. The number of rotatable bonds is 6. The molecule has 0 fully saturated rings. The van der Waals surface area contributed by atoms with E-state index in [9.17, 15) is 0 Å². The molecule has 0 aliphatic carbocycles. The molecule has 1 heterocycles. The van der Waals surface area contributed by atoms with Gasteiger partial charge in [-0.15, -0.1) is 0 Å². The average molecular weight is 250 g/mol. The molecule has 18 heavy (non-hydrogen) atoms. The third kappa shape index (κ3) is 4.75. The summed E-state index contributed by atoms with van der Waals surface area (Å²) in [5, 5.41) is 3.53. The summed E-state index contributed by atoms with van der Waals surface area (Å²) in [6, 6.07) is 2.54. The molecule has 1 aromatic rings. The van der Waals surface area contributed by atoms with Crippen molar-refractivity contribution in [2.45, 2.75) is 59.2 Å². The number of ether oxygens (including phenoxy) is 1. The van der Waals surface area contributed by atoms with Crippen molar-refractivity contribution in [3.63, 3.8) is 0 Å². The number of nitrogens with one attached hydrogen (secondary N) is 1. The van der Waals surface area contributed by atoms with Gasteiger partial charge in [-0.05, 0) is 58.2 Å². The van der Waals surface area contributed by atoms with Crippen LogP contribution in [0.5, 0.6) is 0 Å². The Bertz CT molecular complexity index is 388. The average Bonchev–Trinajstić information content (AvgIpc) is 2.27. The molecule has 0 aromatic carbocycles. The second-order valence-electron chi connectivity index (χ2n) is 5.70. The number of nitrogens with zero attached hydrogens (tertiary/aromatic N) is 1. The second-order valence-corrected chi connectivity index (χ2v) is 5.70. The molecule has 0 saturated heterocycles. The maximum Gasteiger partial charge on any atom is 0.0637 e. The molecule has 1 aromatic heterocycles. The van der Waals surface area contributed by atoms with Gasteiger partial charge < -0.3 is 10.1 Å². The van der Waals surface area contributed by atoms with Crippen LogP contribution in [0.2, 0.25) is 0 Å².